The van der Waals surface area contributed by atoms with Gasteiger partial charge < -0.3 is 15.0 Å². The highest BCUT2D eigenvalue weighted by Crippen LogP contribution is 2.29. The zero-order valence-corrected chi connectivity index (χ0v) is 15.4. The summed E-state index contributed by atoms with van der Waals surface area (Å²) in [5, 5.41) is 3.73. The molecule has 0 bridgehead atoms. The molecule has 25 heavy (non-hydrogen) atoms. The molecule has 136 valence electrons. The Morgan fingerprint density at radius 1 is 1.28 bits per heavy atom. The maximum Gasteiger partial charge on any atom is 0.303 e. The first-order valence-corrected chi connectivity index (χ1v) is 9.07. The van der Waals surface area contributed by atoms with Gasteiger partial charge in [-0.25, -0.2) is 4.98 Å². The van der Waals surface area contributed by atoms with Gasteiger partial charge in [-0.3, -0.25) is 4.79 Å². The van der Waals surface area contributed by atoms with E-state index in [9.17, 15) is 4.79 Å². The van der Waals surface area contributed by atoms with Crippen molar-refractivity contribution < 1.29 is 9.53 Å². The molecule has 0 spiro atoms. The van der Waals surface area contributed by atoms with E-state index in [2.05, 4.69) is 53.4 Å². The van der Waals surface area contributed by atoms with Crippen LogP contribution in [0.1, 0.15) is 63.8 Å². The van der Waals surface area contributed by atoms with Crippen molar-refractivity contribution in [1.29, 1.82) is 0 Å². The van der Waals surface area contributed by atoms with Crippen molar-refractivity contribution in [3.63, 3.8) is 0 Å². The molecule has 2 N–H and O–H groups in total. The highest BCUT2D eigenvalue weighted by molar-refractivity contribution is 5.66. The van der Waals surface area contributed by atoms with Gasteiger partial charge in [-0.2, -0.15) is 0 Å². The molecule has 1 heterocycles. The van der Waals surface area contributed by atoms with E-state index in [1.165, 1.54) is 12.5 Å². The number of nitrogens with one attached hydrogen (secondary N) is 2. The largest absolute Gasteiger partial charge is 0.456 e. The number of carbonyl (C=O) groups is 1. The predicted octanol–water partition coefficient (Wildman–Crippen LogP) is 4.10. The first kappa shape index (κ1) is 19.2. The number of nitrogens with zero attached hydrogens (tertiary/aromatic N) is 1. The topological polar surface area (TPSA) is 67.0 Å². The number of aromatic amines is 1. The third-order valence-electron chi connectivity index (χ3n) is 4.80. The highest BCUT2D eigenvalue weighted by atomic mass is 16.5. The van der Waals surface area contributed by atoms with Gasteiger partial charge in [-0.1, -0.05) is 44.2 Å². The van der Waals surface area contributed by atoms with Crippen molar-refractivity contribution in [2.45, 2.75) is 58.1 Å². The second-order valence-corrected chi connectivity index (χ2v) is 6.32. The van der Waals surface area contributed by atoms with Crippen LogP contribution < -0.4 is 5.32 Å². The standard InChI is InChI=1S/C20H29N3O2/c1-4-20(5-2,17-10-7-6-8-11-17)23-13-9-12-19(25-16(3)24)18-14-21-15-22-18/h6-8,10-11,14-15,19,23H,4-5,9,12-13H2,1-3H3,(H,21,22). The van der Waals surface area contributed by atoms with Crippen molar-refractivity contribution in [2.75, 3.05) is 6.54 Å². The fraction of sp³-hybridized carbons (Fsp3) is 0.500. The molecule has 0 aliphatic heterocycles. The summed E-state index contributed by atoms with van der Waals surface area (Å²) < 4.78 is 5.42. The molecular formula is C20H29N3O2. The Morgan fingerprint density at radius 3 is 2.56 bits per heavy atom. The second kappa shape index (κ2) is 9.37. The molecule has 5 nitrogen and oxygen atoms in total. The molecule has 1 aromatic carbocycles. The van der Waals surface area contributed by atoms with Crippen molar-refractivity contribution in [3.05, 3.63) is 54.1 Å². The van der Waals surface area contributed by atoms with Crippen molar-refractivity contribution in [1.82, 2.24) is 15.3 Å². The van der Waals surface area contributed by atoms with E-state index in [1.54, 1.807) is 12.5 Å². The number of hydrogen-bond acceptors (Lipinski definition) is 4. The van der Waals surface area contributed by atoms with Crippen LogP contribution in [0, 0.1) is 0 Å². The average molecular weight is 343 g/mol. The lowest BCUT2D eigenvalue weighted by Crippen LogP contribution is -2.42. The molecule has 0 saturated carbocycles. The van der Waals surface area contributed by atoms with Gasteiger partial charge in [0, 0.05) is 18.7 Å². The average Bonchev–Trinajstić information content (AvgIpc) is 3.16. The van der Waals surface area contributed by atoms with Crippen LogP contribution in [0.15, 0.2) is 42.9 Å². The van der Waals surface area contributed by atoms with Crippen LogP contribution in [0.4, 0.5) is 0 Å². The molecule has 0 amide bonds. The van der Waals surface area contributed by atoms with Gasteiger partial charge in [0.25, 0.3) is 0 Å². The molecule has 1 unspecified atom stereocenters. The molecule has 1 atom stereocenters. The van der Waals surface area contributed by atoms with Gasteiger partial charge in [-0.05, 0) is 37.8 Å². The summed E-state index contributed by atoms with van der Waals surface area (Å²) >= 11 is 0. The van der Waals surface area contributed by atoms with E-state index >= 15 is 0 Å². The molecule has 0 aliphatic rings. The minimum absolute atomic E-state index is 0.00940. The Kier molecular flexibility index (Phi) is 7.19. The summed E-state index contributed by atoms with van der Waals surface area (Å²) in [5.41, 5.74) is 2.09. The van der Waals surface area contributed by atoms with Gasteiger partial charge >= 0.3 is 5.97 Å². The minimum Gasteiger partial charge on any atom is -0.456 e. The number of carbonyl (C=O) groups excluding carboxylic acids is 1. The van der Waals surface area contributed by atoms with Crippen molar-refractivity contribution in [2.24, 2.45) is 0 Å². The third-order valence-corrected chi connectivity index (χ3v) is 4.80. The van der Waals surface area contributed by atoms with Crippen molar-refractivity contribution >= 4 is 5.97 Å². The number of imidazole rings is 1. The van der Waals surface area contributed by atoms with Gasteiger partial charge in [0.1, 0.15) is 6.10 Å². The molecule has 0 aliphatic carbocycles. The van der Waals surface area contributed by atoms with Crippen LogP contribution in [0.25, 0.3) is 0 Å². The SMILES string of the molecule is CCC(CC)(NCCCC(OC(C)=O)c1c[nH]cn1)c1ccccc1. The first-order valence-electron chi connectivity index (χ1n) is 9.07. The number of ether oxygens (including phenoxy) is 1. The molecular weight excluding hydrogens is 314 g/mol. The Morgan fingerprint density at radius 2 is 2.00 bits per heavy atom. The summed E-state index contributed by atoms with van der Waals surface area (Å²) in [4.78, 5) is 18.5. The second-order valence-electron chi connectivity index (χ2n) is 6.32. The summed E-state index contributed by atoms with van der Waals surface area (Å²) in [6.45, 7) is 6.73. The molecule has 0 saturated heterocycles. The maximum absolute atomic E-state index is 11.3. The van der Waals surface area contributed by atoms with Gasteiger partial charge in [0.05, 0.1) is 12.0 Å². The van der Waals surface area contributed by atoms with E-state index in [0.717, 1.165) is 37.9 Å². The van der Waals surface area contributed by atoms with Gasteiger partial charge in [-0.15, -0.1) is 0 Å². The van der Waals surface area contributed by atoms with Crippen LogP contribution in [0.2, 0.25) is 0 Å². The monoisotopic (exact) mass is 343 g/mol. The third kappa shape index (κ3) is 5.16. The zero-order chi connectivity index (χ0) is 18.1. The predicted molar refractivity (Wildman–Crippen MR) is 99.0 cm³/mol. The lowest BCUT2D eigenvalue weighted by Gasteiger charge is -2.34. The fourth-order valence-electron chi connectivity index (χ4n) is 3.30. The number of H-pyrrole nitrogens is 1. The minimum atomic E-state index is -0.292. The summed E-state index contributed by atoms with van der Waals surface area (Å²) in [7, 11) is 0. The summed E-state index contributed by atoms with van der Waals surface area (Å²) in [5.74, 6) is -0.276. The lowest BCUT2D eigenvalue weighted by atomic mass is 9.84. The van der Waals surface area contributed by atoms with E-state index < -0.39 is 0 Å². The van der Waals surface area contributed by atoms with Gasteiger partial charge in [0.15, 0.2) is 0 Å². The van der Waals surface area contributed by atoms with Crippen LogP contribution in [-0.4, -0.2) is 22.5 Å². The first-order chi connectivity index (χ1) is 12.1. The Balaban J connectivity index is 1.94. The van der Waals surface area contributed by atoms with Crippen LogP contribution >= 0.6 is 0 Å². The zero-order valence-electron chi connectivity index (χ0n) is 15.4. The normalized spacial score (nSPS) is 12.8. The number of esters is 1. The van der Waals surface area contributed by atoms with E-state index in [4.69, 9.17) is 4.74 Å². The van der Waals surface area contributed by atoms with E-state index in [0.29, 0.717) is 0 Å². The quantitative estimate of drug-likeness (QED) is 0.503. The smallest absolute Gasteiger partial charge is 0.303 e. The lowest BCUT2D eigenvalue weighted by molar-refractivity contribution is -0.147. The molecule has 1 aromatic heterocycles. The number of benzene rings is 1. The number of hydrogen-bond donors (Lipinski definition) is 2. The Bertz CT molecular complexity index is 622. The Labute approximate surface area is 150 Å². The number of rotatable bonds is 10. The van der Waals surface area contributed by atoms with Crippen molar-refractivity contribution in [3.8, 4) is 0 Å². The van der Waals surface area contributed by atoms with Gasteiger partial charge in [0.2, 0.25) is 0 Å². The molecule has 5 heteroatoms. The number of aromatic nitrogens is 2. The van der Waals surface area contributed by atoms with E-state index in [-0.39, 0.29) is 17.6 Å². The molecule has 0 fully saturated rings. The highest BCUT2D eigenvalue weighted by Gasteiger charge is 2.27. The van der Waals surface area contributed by atoms with Crippen LogP contribution in [0.3, 0.4) is 0 Å². The Hall–Kier alpha value is -2.14. The molecule has 2 rings (SSSR count). The summed E-state index contributed by atoms with van der Waals surface area (Å²) in [6, 6.07) is 10.6. The molecule has 2 aromatic rings. The van der Waals surface area contributed by atoms with Crippen LogP contribution in [-0.2, 0) is 15.1 Å². The molecule has 0 radical (unpaired) electrons. The summed E-state index contributed by atoms with van der Waals surface area (Å²) in [6.07, 6.45) is 6.81. The van der Waals surface area contributed by atoms with Crippen LogP contribution in [0.5, 0.6) is 0 Å². The fourth-order valence-corrected chi connectivity index (χ4v) is 3.30. The maximum atomic E-state index is 11.3. The van der Waals surface area contributed by atoms with E-state index in [1.807, 2.05) is 6.07 Å².